The fourth-order valence-corrected chi connectivity index (χ4v) is 3.85. The van der Waals surface area contributed by atoms with Crippen LogP contribution in [0.3, 0.4) is 0 Å². The van der Waals surface area contributed by atoms with Crippen LogP contribution in [0.2, 0.25) is 0 Å². The number of nitrogens with one attached hydrogen (secondary N) is 1. The minimum Gasteiger partial charge on any atom is -0.506 e. The van der Waals surface area contributed by atoms with E-state index in [1.807, 2.05) is 13.8 Å². The van der Waals surface area contributed by atoms with Crippen molar-refractivity contribution in [3.8, 4) is 5.75 Å². The second kappa shape index (κ2) is 5.29. The van der Waals surface area contributed by atoms with E-state index in [9.17, 15) is 13.5 Å². The lowest BCUT2D eigenvalue weighted by atomic mass is 10.3. The van der Waals surface area contributed by atoms with Crippen LogP contribution in [0, 0.1) is 6.92 Å². The van der Waals surface area contributed by atoms with Gasteiger partial charge in [-0.1, -0.05) is 6.92 Å². The maximum Gasteiger partial charge on any atom is 0.263 e. The lowest BCUT2D eigenvalue weighted by molar-refractivity contribution is 0.477. The van der Waals surface area contributed by atoms with Gasteiger partial charge in [-0.3, -0.25) is 4.72 Å². The van der Waals surface area contributed by atoms with Crippen molar-refractivity contribution in [2.75, 3.05) is 10.5 Å². The molecule has 0 aliphatic rings. The number of benzene rings is 1. The standard InChI is InChI=1S/C12H15N3O3S2/c1-3-10-7(2)19-12(14-10)15-20(17,18)8-4-5-11(16)9(13)6-8/h4-6,16H,3,13H2,1-2H3,(H,14,15). The van der Waals surface area contributed by atoms with Gasteiger partial charge in [0.1, 0.15) is 5.75 Å². The molecular weight excluding hydrogens is 298 g/mol. The van der Waals surface area contributed by atoms with Gasteiger partial charge in [-0.05, 0) is 31.5 Å². The first-order chi connectivity index (χ1) is 9.33. The number of aromatic hydroxyl groups is 1. The lowest BCUT2D eigenvalue weighted by Gasteiger charge is -2.06. The number of nitrogens with two attached hydrogens (primary N) is 1. The van der Waals surface area contributed by atoms with Crippen molar-refractivity contribution < 1.29 is 13.5 Å². The molecule has 0 unspecified atom stereocenters. The molecule has 1 aromatic carbocycles. The molecule has 2 rings (SSSR count). The molecular formula is C12H15N3O3S2. The number of phenolic OH excluding ortho intramolecular Hbond substituents is 1. The molecule has 0 radical (unpaired) electrons. The van der Waals surface area contributed by atoms with Gasteiger partial charge in [-0.2, -0.15) is 0 Å². The summed E-state index contributed by atoms with van der Waals surface area (Å²) in [7, 11) is -3.76. The van der Waals surface area contributed by atoms with Gasteiger partial charge in [-0.25, -0.2) is 13.4 Å². The highest BCUT2D eigenvalue weighted by Gasteiger charge is 2.18. The number of hydrogen-bond donors (Lipinski definition) is 3. The highest BCUT2D eigenvalue weighted by molar-refractivity contribution is 7.93. The molecule has 0 bridgehead atoms. The molecule has 1 aromatic heterocycles. The predicted octanol–water partition coefficient (Wildman–Crippen LogP) is 2.10. The summed E-state index contributed by atoms with van der Waals surface area (Å²) < 4.78 is 26.8. The number of aromatic nitrogens is 1. The SMILES string of the molecule is CCc1nc(NS(=O)(=O)c2ccc(O)c(N)c2)sc1C. The zero-order valence-electron chi connectivity index (χ0n) is 11.0. The summed E-state index contributed by atoms with van der Waals surface area (Å²) in [6, 6.07) is 3.74. The van der Waals surface area contributed by atoms with Crippen LogP contribution < -0.4 is 10.5 Å². The van der Waals surface area contributed by atoms with Crippen LogP contribution in [0.15, 0.2) is 23.1 Å². The van der Waals surface area contributed by atoms with E-state index in [2.05, 4.69) is 9.71 Å². The van der Waals surface area contributed by atoms with Gasteiger partial charge in [0.25, 0.3) is 10.0 Å². The summed E-state index contributed by atoms with van der Waals surface area (Å²) in [4.78, 5) is 5.19. The van der Waals surface area contributed by atoms with Gasteiger partial charge in [-0.15, -0.1) is 11.3 Å². The third-order valence-electron chi connectivity index (χ3n) is 2.76. The van der Waals surface area contributed by atoms with Gasteiger partial charge in [0.05, 0.1) is 16.3 Å². The molecule has 0 aliphatic carbocycles. The highest BCUT2D eigenvalue weighted by atomic mass is 32.2. The summed E-state index contributed by atoms with van der Waals surface area (Å²) >= 11 is 1.29. The van der Waals surface area contributed by atoms with Crippen molar-refractivity contribution in [3.63, 3.8) is 0 Å². The van der Waals surface area contributed by atoms with Crippen molar-refractivity contribution in [2.45, 2.75) is 25.2 Å². The lowest BCUT2D eigenvalue weighted by Crippen LogP contribution is -2.13. The van der Waals surface area contributed by atoms with Gasteiger partial charge in [0, 0.05) is 4.88 Å². The Labute approximate surface area is 121 Å². The molecule has 6 nitrogen and oxygen atoms in total. The number of rotatable bonds is 4. The fraction of sp³-hybridized carbons (Fsp3) is 0.250. The quantitative estimate of drug-likeness (QED) is 0.592. The van der Waals surface area contributed by atoms with Crippen LogP contribution in [0.25, 0.3) is 0 Å². The molecule has 108 valence electrons. The molecule has 0 aliphatic heterocycles. The maximum atomic E-state index is 12.2. The van der Waals surface area contributed by atoms with E-state index in [0.717, 1.165) is 17.0 Å². The molecule has 8 heteroatoms. The number of nitrogen functional groups attached to an aromatic ring is 1. The second-order valence-corrected chi connectivity index (χ2v) is 7.09. The second-order valence-electron chi connectivity index (χ2n) is 4.20. The number of anilines is 2. The van der Waals surface area contributed by atoms with Crippen LogP contribution in [0.4, 0.5) is 10.8 Å². The van der Waals surface area contributed by atoms with E-state index in [4.69, 9.17) is 5.73 Å². The molecule has 1 heterocycles. The number of phenols is 1. The maximum absolute atomic E-state index is 12.2. The highest BCUT2D eigenvalue weighted by Crippen LogP contribution is 2.27. The largest absolute Gasteiger partial charge is 0.506 e. The number of aryl methyl sites for hydroxylation is 2. The van der Waals surface area contributed by atoms with Crippen LogP contribution in [-0.2, 0) is 16.4 Å². The Morgan fingerprint density at radius 1 is 1.45 bits per heavy atom. The van der Waals surface area contributed by atoms with Gasteiger partial charge in [0.2, 0.25) is 0 Å². The van der Waals surface area contributed by atoms with Crippen LogP contribution >= 0.6 is 11.3 Å². The zero-order valence-corrected chi connectivity index (χ0v) is 12.7. The zero-order chi connectivity index (χ0) is 14.9. The minimum absolute atomic E-state index is 0.0115. The van der Waals surface area contributed by atoms with Crippen molar-refractivity contribution in [1.82, 2.24) is 4.98 Å². The molecule has 0 spiro atoms. The topological polar surface area (TPSA) is 105 Å². The smallest absolute Gasteiger partial charge is 0.263 e. The van der Waals surface area contributed by atoms with E-state index in [1.54, 1.807) is 0 Å². The Bertz CT molecular complexity index is 738. The first-order valence-corrected chi connectivity index (χ1v) is 8.21. The summed E-state index contributed by atoms with van der Waals surface area (Å²) in [6.45, 7) is 3.86. The Kier molecular flexibility index (Phi) is 3.87. The van der Waals surface area contributed by atoms with Crippen LogP contribution in [0.1, 0.15) is 17.5 Å². The Morgan fingerprint density at radius 3 is 2.70 bits per heavy atom. The first kappa shape index (κ1) is 14.6. The number of nitrogens with zero attached hydrogens (tertiary/aromatic N) is 1. The summed E-state index contributed by atoms with van der Waals surface area (Å²) in [6.07, 6.45) is 0.746. The van der Waals surface area contributed by atoms with E-state index < -0.39 is 10.0 Å². The van der Waals surface area contributed by atoms with Crippen molar-refractivity contribution in [2.24, 2.45) is 0 Å². The summed E-state index contributed by atoms with van der Waals surface area (Å²) in [5, 5.41) is 9.65. The van der Waals surface area contributed by atoms with Crippen molar-refractivity contribution in [3.05, 3.63) is 28.8 Å². The average Bonchev–Trinajstić information content (AvgIpc) is 2.71. The minimum atomic E-state index is -3.76. The number of sulfonamides is 1. The molecule has 2 aromatic rings. The third-order valence-corrected chi connectivity index (χ3v) is 5.15. The van der Waals surface area contributed by atoms with E-state index in [1.165, 1.54) is 29.5 Å². The summed E-state index contributed by atoms with van der Waals surface area (Å²) in [5.74, 6) is -0.151. The van der Waals surface area contributed by atoms with Gasteiger partial charge < -0.3 is 10.8 Å². The van der Waals surface area contributed by atoms with Crippen molar-refractivity contribution in [1.29, 1.82) is 0 Å². The summed E-state index contributed by atoms with van der Waals surface area (Å²) in [5.41, 5.74) is 6.39. The Hall–Kier alpha value is -1.80. The molecule has 0 amide bonds. The molecule has 20 heavy (non-hydrogen) atoms. The third kappa shape index (κ3) is 2.86. The first-order valence-electron chi connectivity index (χ1n) is 5.91. The fourth-order valence-electron chi connectivity index (χ4n) is 1.67. The van der Waals surface area contributed by atoms with E-state index in [0.29, 0.717) is 5.13 Å². The monoisotopic (exact) mass is 313 g/mol. The van der Waals surface area contributed by atoms with Crippen molar-refractivity contribution >= 4 is 32.2 Å². The van der Waals surface area contributed by atoms with Crippen LogP contribution in [-0.4, -0.2) is 18.5 Å². The average molecular weight is 313 g/mol. The number of thiazole rings is 1. The molecule has 0 saturated carbocycles. The van der Waals surface area contributed by atoms with E-state index in [-0.39, 0.29) is 16.3 Å². The molecule has 0 fully saturated rings. The van der Waals surface area contributed by atoms with Gasteiger partial charge in [0.15, 0.2) is 5.13 Å². The predicted molar refractivity (Wildman–Crippen MR) is 79.6 cm³/mol. The van der Waals surface area contributed by atoms with Crippen LogP contribution in [0.5, 0.6) is 5.75 Å². The molecule has 4 N–H and O–H groups in total. The number of hydrogen-bond acceptors (Lipinski definition) is 6. The molecule has 0 atom stereocenters. The van der Waals surface area contributed by atoms with Gasteiger partial charge >= 0.3 is 0 Å². The Balaban J connectivity index is 2.32. The normalized spacial score (nSPS) is 11.5. The van der Waals surface area contributed by atoms with E-state index >= 15 is 0 Å². The Morgan fingerprint density at radius 2 is 2.15 bits per heavy atom. The molecule has 0 saturated heterocycles.